The van der Waals surface area contributed by atoms with E-state index in [0.717, 1.165) is 44.5 Å². The summed E-state index contributed by atoms with van der Waals surface area (Å²) in [6.45, 7) is 1.63. The van der Waals surface area contributed by atoms with Crippen LogP contribution in [0, 0.1) is 5.92 Å². The van der Waals surface area contributed by atoms with Crippen LogP contribution < -0.4 is 4.74 Å². The van der Waals surface area contributed by atoms with Crippen LogP contribution in [-0.2, 0) is 6.42 Å². The van der Waals surface area contributed by atoms with E-state index in [1.54, 1.807) is 25.4 Å². The zero-order valence-electron chi connectivity index (χ0n) is 14.5. The van der Waals surface area contributed by atoms with Gasteiger partial charge >= 0.3 is 0 Å². The lowest BCUT2D eigenvalue weighted by molar-refractivity contribution is 0.0686. The maximum absolute atomic E-state index is 12.5. The lowest BCUT2D eigenvalue weighted by Gasteiger charge is -2.32. The maximum atomic E-state index is 12.5. The van der Waals surface area contributed by atoms with Crippen LogP contribution in [0.25, 0.3) is 0 Å². The van der Waals surface area contributed by atoms with Crippen LogP contribution in [0.3, 0.4) is 0 Å². The number of aryl methyl sites for hydroxylation is 1. The van der Waals surface area contributed by atoms with Crippen LogP contribution in [0.4, 0.5) is 0 Å². The average Bonchev–Trinajstić information content (AvgIpc) is 2.67. The summed E-state index contributed by atoms with van der Waals surface area (Å²) in [6, 6.07) is 11.7. The number of halogens is 1. The second-order valence-corrected chi connectivity index (χ2v) is 6.88. The average molecular weight is 359 g/mol. The molecule has 4 nitrogen and oxygen atoms in total. The van der Waals surface area contributed by atoms with Gasteiger partial charge in [-0.25, -0.2) is 4.98 Å². The van der Waals surface area contributed by atoms with E-state index in [2.05, 4.69) is 17.1 Å². The molecule has 3 rings (SSSR count). The van der Waals surface area contributed by atoms with Crippen molar-refractivity contribution in [1.29, 1.82) is 0 Å². The number of piperidine rings is 1. The van der Waals surface area contributed by atoms with Crippen LogP contribution in [0.1, 0.15) is 35.2 Å². The molecule has 0 unspecified atom stereocenters. The van der Waals surface area contributed by atoms with Crippen molar-refractivity contribution in [3.05, 3.63) is 58.9 Å². The molecular formula is C20H23ClN2O2. The minimum Gasteiger partial charge on any atom is -0.497 e. The Labute approximate surface area is 153 Å². The number of benzene rings is 1. The van der Waals surface area contributed by atoms with Gasteiger partial charge in [-0.1, -0.05) is 23.7 Å². The summed E-state index contributed by atoms with van der Waals surface area (Å²) in [6.07, 6.45) is 5.91. The van der Waals surface area contributed by atoms with Crippen molar-refractivity contribution in [2.24, 2.45) is 5.92 Å². The number of carbonyl (C=O) groups is 1. The van der Waals surface area contributed by atoms with E-state index in [4.69, 9.17) is 16.3 Å². The smallest absolute Gasteiger partial charge is 0.255 e. The van der Waals surface area contributed by atoms with Gasteiger partial charge in [0.25, 0.3) is 5.91 Å². The van der Waals surface area contributed by atoms with E-state index in [1.165, 1.54) is 5.56 Å². The number of nitrogens with zero attached hydrogens (tertiary/aromatic N) is 2. The van der Waals surface area contributed by atoms with Crippen molar-refractivity contribution in [2.45, 2.75) is 25.7 Å². The summed E-state index contributed by atoms with van der Waals surface area (Å²) in [4.78, 5) is 18.4. The highest BCUT2D eigenvalue weighted by Gasteiger charge is 2.23. The Balaban J connectivity index is 1.46. The minimum absolute atomic E-state index is 0.0535. The van der Waals surface area contributed by atoms with Crippen LogP contribution in [0.2, 0.25) is 5.15 Å². The molecule has 1 aromatic heterocycles. The molecule has 1 aliphatic heterocycles. The van der Waals surface area contributed by atoms with Gasteiger partial charge in [-0.05, 0) is 61.4 Å². The van der Waals surface area contributed by atoms with Gasteiger partial charge < -0.3 is 9.64 Å². The molecule has 0 aliphatic carbocycles. The molecule has 0 saturated carbocycles. The van der Waals surface area contributed by atoms with Crippen molar-refractivity contribution in [3.8, 4) is 5.75 Å². The molecule has 0 radical (unpaired) electrons. The number of pyridine rings is 1. The van der Waals surface area contributed by atoms with Crippen molar-refractivity contribution < 1.29 is 9.53 Å². The Morgan fingerprint density at radius 3 is 2.52 bits per heavy atom. The topological polar surface area (TPSA) is 42.4 Å². The molecule has 132 valence electrons. The number of hydrogen-bond acceptors (Lipinski definition) is 3. The highest BCUT2D eigenvalue weighted by atomic mass is 35.5. The predicted octanol–water partition coefficient (Wildman–Crippen LogP) is 4.23. The van der Waals surface area contributed by atoms with Gasteiger partial charge in [0.05, 0.1) is 12.7 Å². The first kappa shape index (κ1) is 17.7. The molecule has 1 fully saturated rings. The molecule has 1 saturated heterocycles. The van der Waals surface area contributed by atoms with E-state index in [-0.39, 0.29) is 5.91 Å². The van der Waals surface area contributed by atoms with Gasteiger partial charge in [-0.15, -0.1) is 0 Å². The third kappa shape index (κ3) is 4.73. The van der Waals surface area contributed by atoms with Crippen molar-refractivity contribution in [1.82, 2.24) is 9.88 Å². The molecule has 0 N–H and O–H groups in total. The summed E-state index contributed by atoms with van der Waals surface area (Å²) in [5, 5.41) is 0.411. The minimum atomic E-state index is 0.0535. The summed E-state index contributed by atoms with van der Waals surface area (Å²) >= 11 is 5.78. The van der Waals surface area contributed by atoms with Crippen LogP contribution in [0.5, 0.6) is 5.75 Å². The number of carbonyl (C=O) groups excluding carboxylic acids is 1. The second kappa shape index (κ2) is 8.34. The molecule has 1 aliphatic rings. The quantitative estimate of drug-likeness (QED) is 0.751. The molecule has 1 aromatic carbocycles. The van der Waals surface area contributed by atoms with E-state index < -0.39 is 0 Å². The number of hydrogen-bond donors (Lipinski definition) is 0. The summed E-state index contributed by atoms with van der Waals surface area (Å²) in [7, 11) is 1.68. The van der Waals surface area contributed by atoms with E-state index in [9.17, 15) is 4.79 Å². The highest BCUT2D eigenvalue weighted by molar-refractivity contribution is 6.29. The number of ether oxygens (including phenoxy) is 1. The monoisotopic (exact) mass is 358 g/mol. The largest absolute Gasteiger partial charge is 0.497 e. The Kier molecular flexibility index (Phi) is 5.92. The molecule has 2 heterocycles. The third-order valence-electron chi connectivity index (χ3n) is 4.88. The van der Waals surface area contributed by atoms with E-state index in [0.29, 0.717) is 16.6 Å². The van der Waals surface area contributed by atoms with Gasteiger partial charge in [0.1, 0.15) is 10.9 Å². The van der Waals surface area contributed by atoms with Crippen LogP contribution in [0.15, 0.2) is 42.6 Å². The van der Waals surface area contributed by atoms with Gasteiger partial charge in [-0.2, -0.15) is 0 Å². The normalized spacial score (nSPS) is 15.2. The lowest BCUT2D eigenvalue weighted by Crippen LogP contribution is -2.38. The van der Waals surface area contributed by atoms with Crippen LogP contribution >= 0.6 is 11.6 Å². The Bertz CT molecular complexity index is 693. The Hall–Kier alpha value is -2.07. The number of methoxy groups -OCH3 is 1. The summed E-state index contributed by atoms with van der Waals surface area (Å²) < 4.78 is 5.19. The van der Waals surface area contributed by atoms with Crippen molar-refractivity contribution in [3.63, 3.8) is 0 Å². The zero-order valence-corrected chi connectivity index (χ0v) is 15.2. The number of rotatable bonds is 5. The van der Waals surface area contributed by atoms with Gasteiger partial charge in [-0.3, -0.25) is 4.79 Å². The fourth-order valence-electron chi connectivity index (χ4n) is 3.27. The SMILES string of the molecule is COc1ccc(CCC2CCN(C(=O)c3ccc(Cl)nc3)CC2)cc1. The highest BCUT2D eigenvalue weighted by Crippen LogP contribution is 2.24. The zero-order chi connectivity index (χ0) is 17.6. The van der Waals surface area contributed by atoms with E-state index in [1.807, 2.05) is 17.0 Å². The van der Waals surface area contributed by atoms with Crippen molar-refractivity contribution >= 4 is 17.5 Å². The summed E-state index contributed by atoms with van der Waals surface area (Å²) in [5.41, 5.74) is 1.95. The summed E-state index contributed by atoms with van der Waals surface area (Å²) in [5.74, 6) is 1.62. The first-order valence-electron chi connectivity index (χ1n) is 8.69. The van der Waals surface area contributed by atoms with Gasteiger partial charge in [0.2, 0.25) is 0 Å². The molecule has 1 amide bonds. The molecular weight excluding hydrogens is 336 g/mol. The number of amides is 1. The number of likely N-dealkylation sites (tertiary alicyclic amines) is 1. The first-order valence-corrected chi connectivity index (χ1v) is 9.07. The fourth-order valence-corrected chi connectivity index (χ4v) is 3.38. The second-order valence-electron chi connectivity index (χ2n) is 6.49. The molecule has 2 aromatic rings. The molecule has 5 heteroatoms. The standard InChI is InChI=1S/C20H23ClN2O2/c1-25-18-7-4-15(5-8-18)2-3-16-10-12-23(13-11-16)20(24)17-6-9-19(21)22-14-17/h4-9,14,16H,2-3,10-13H2,1H3. The number of aromatic nitrogens is 1. The predicted molar refractivity (Wildman–Crippen MR) is 99.2 cm³/mol. The Morgan fingerprint density at radius 1 is 1.20 bits per heavy atom. The first-order chi connectivity index (χ1) is 12.2. The van der Waals surface area contributed by atoms with Gasteiger partial charge in [0, 0.05) is 19.3 Å². The maximum Gasteiger partial charge on any atom is 0.255 e. The lowest BCUT2D eigenvalue weighted by atomic mass is 9.90. The molecule has 0 spiro atoms. The Morgan fingerprint density at radius 2 is 1.92 bits per heavy atom. The van der Waals surface area contributed by atoms with Crippen LogP contribution in [-0.4, -0.2) is 36.0 Å². The van der Waals surface area contributed by atoms with Gasteiger partial charge in [0.15, 0.2) is 0 Å². The molecule has 25 heavy (non-hydrogen) atoms. The van der Waals surface area contributed by atoms with Crippen molar-refractivity contribution in [2.75, 3.05) is 20.2 Å². The fraction of sp³-hybridized carbons (Fsp3) is 0.400. The van der Waals surface area contributed by atoms with E-state index >= 15 is 0 Å². The molecule has 0 atom stereocenters. The molecule has 0 bridgehead atoms. The third-order valence-corrected chi connectivity index (χ3v) is 5.10.